The standard InChI is InChI=1S/C41H48N4O4/c1-32(30-43-26-28-44(29-27-43)40(47)49-41(2,3)4)31-45(25-24-38(33-14-8-5-9-15-33)34-16-10-6-11-17-34)39(46)42-35-20-22-37(23-21-35)48-36-18-12-7-13-19-36/h5-23,38H,1,24-31H2,2-4H3,(H,42,46). The highest BCUT2D eigenvalue weighted by Crippen LogP contribution is 2.29. The van der Waals surface area contributed by atoms with Gasteiger partial charge in [-0.3, -0.25) is 4.90 Å². The maximum absolute atomic E-state index is 13.9. The van der Waals surface area contributed by atoms with Crippen LogP contribution in [-0.2, 0) is 4.74 Å². The number of carbonyl (C=O) groups is 2. The lowest BCUT2D eigenvalue weighted by Crippen LogP contribution is -2.50. The Bertz CT molecular complexity index is 1590. The summed E-state index contributed by atoms with van der Waals surface area (Å²) in [5.41, 5.74) is 3.52. The number of carbonyl (C=O) groups excluding carboxylic acids is 2. The van der Waals surface area contributed by atoms with E-state index in [-0.39, 0.29) is 18.0 Å². The van der Waals surface area contributed by atoms with E-state index in [1.807, 2.05) is 92.4 Å². The molecule has 1 N–H and O–H groups in total. The van der Waals surface area contributed by atoms with Crippen LogP contribution in [-0.4, -0.2) is 78.2 Å². The molecule has 4 aromatic carbocycles. The molecule has 0 radical (unpaired) electrons. The van der Waals surface area contributed by atoms with Crippen molar-refractivity contribution in [2.75, 3.05) is 51.1 Å². The number of ether oxygens (including phenoxy) is 2. The number of nitrogens with zero attached hydrogens (tertiary/aromatic N) is 3. The number of amides is 3. The third kappa shape index (κ3) is 11.0. The first-order valence-corrected chi connectivity index (χ1v) is 17.0. The maximum Gasteiger partial charge on any atom is 0.410 e. The van der Waals surface area contributed by atoms with E-state index in [0.29, 0.717) is 57.3 Å². The second-order valence-electron chi connectivity index (χ2n) is 13.4. The highest BCUT2D eigenvalue weighted by molar-refractivity contribution is 5.89. The summed E-state index contributed by atoms with van der Waals surface area (Å²) in [6.45, 7) is 14.2. The van der Waals surface area contributed by atoms with E-state index in [0.717, 1.165) is 17.7 Å². The van der Waals surface area contributed by atoms with Gasteiger partial charge in [-0.1, -0.05) is 85.4 Å². The smallest absolute Gasteiger partial charge is 0.410 e. The molecule has 1 saturated heterocycles. The monoisotopic (exact) mass is 660 g/mol. The van der Waals surface area contributed by atoms with Crippen molar-refractivity contribution in [2.24, 2.45) is 0 Å². The van der Waals surface area contributed by atoms with Gasteiger partial charge in [0.1, 0.15) is 17.1 Å². The topological polar surface area (TPSA) is 74.4 Å². The summed E-state index contributed by atoms with van der Waals surface area (Å²) in [5, 5.41) is 3.10. The summed E-state index contributed by atoms with van der Waals surface area (Å²) < 4.78 is 11.5. The van der Waals surface area contributed by atoms with Crippen molar-refractivity contribution >= 4 is 17.8 Å². The van der Waals surface area contributed by atoms with Gasteiger partial charge in [0.15, 0.2) is 0 Å². The van der Waals surface area contributed by atoms with Gasteiger partial charge in [-0.05, 0) is 80.3 Å². The van der Waals surface area contributed by atoms with Gasteiger partial charge >= 0.3 is 12.1 Å². The molecule has 256 valence electrons. The molecule has 0 unspecified atom stereocenters. The second kappa shape index (κ2) is 16.8. The van der Waals surface area contributed by atoms with Gasteiger partial charge in [0.25, 0.3) is 0 Å². The molecule has 8 nitrogen and oxygen atoms in total. The molecule has 1 aliphatic rings. The second-order valence-corrected chi connectivity index (χ2v) is 13.4. The zero-order valence-corrected chi connectivity index (χ0v) is 28.9. The minimum Gasteiger partial charge on any atom is -0.457 e. The molecule has 0 atom stereocenters. The van der Waals surface area contributed by atoms with E-state index in [1.54, 1.807) is 4.90 Å². The van der Waals surface area contributed by atoms with Crippen molar-refractivity contribution in [1.29, 1.82) is 0 Å². The van der Waals surface area contributed by atoms with Gasteiger partial charge in [0.2, 0.25) is 0 Å². The van der Waals surface area contributed by atoms with Crippen LogP contribution in [0.2, 0.25) is 0 Å². The number of nitrogens with one attached hydrogen (secondary N) is 1. The van der Waals surface area contributed by atoms with Gasteiger partial charge in [-0.2, -0.15) is 0 Å². The number of piperazine rings is 1. The average molecular weight is 661 g/mol. The zero-order valence-electron chi connectivity index (χ0n) is 28.9. The summed E-state index contributed by atoms with van der Waals surface area (Å²) in [5.74, 6) is 1.57. The molecule has 0 saturated carbocycles. The number of urea groups is 1. The van der Waals surface area contributed by atoms with Crippen LogP contribution in [0, 0.1) is 0 Å². The molecule has 49 heavy (non-hydrogen) atoms. The van der Waals surface area contributed by atoms with E-state index in [4.69, 9.17) is 9.47 Å². The van der Waals surface area contributed by atoms with E-state index in [9.17, 15) is 9.59 Å². The molecular weight excluding hydrogens is 612 g/mol. The molecule has 5 rings (SSSR count). The van der Waals surface area contributed by atoms with Gasteiger partial charge < -0.3 is 24.6 Å². The molecule has 0 aliphatic carbocycles. The van der Waals surface area contributed by atoms with Crippen LogP contribution in [0.25, 0.3) is 0 Å². The Morgan fingerprint density at radius 1 is 0.776 bits per heavy atom. The first-order valence-electron chi connectivity index (χ1n) is 17.0. The van der Waals surface area contributed by atoms with Crippen molar-refractivity contribution in [1.82, 2.24) is 14.7 Å². The molecule has 8 heteroatoms. The lowest BCUT2D eigenvalue weighted by molar-refractivity contribution is 0.0151. The van der Waals surface area contributed by atoms with Crippen LogP contribution in [0.4, 0.5) is 15.3 Å². The van der Waals surface area contributed by atoms with E-state index >= 15 is 0 Å². The van der Waals surface area contributed by atoms with Crippen LogP contribution in [0.3, 0.4) is 0 Å². The zero-order chi connectivity index (χ0) is 34.6. The summed E-state index contributed by atoms with van der Waals surface area (Å²) in [6, 6.07) is 37.7. The molecule has 0 spiro atoms. The number of benzene rings is 4. The van der Waals surface area contributed by atoms with E-state index in [1.165, 1.54) is 11.1 Å². The van der Waals surface area contributed by atoms with E-state index in [2.05, 4.69) is 65.3 Å². The lowest BCUT2D eigenvalue weighted by Gasteiger charge is -2.36. The largest absolute Gasteiger partial charge is 0.457 e. The Morgan fingerprint density at radius 3 is 1.86 bits per heavy atom. The average Bonchev–Trinajstić information content (AvgIpc) is 3.09. The molecular formula is C41H48N4O4. The van der Waals surface area contributed by atoms with Crippen LogP contribution in [0.1, 0.15) is 44.2 Å². The van der Waals surface area contributed by atoms with Crippen molar-refractivity contribution in [3.63, 3.8) is 0 Å². The predicted octanol–water partition coefficient (Wildman–Crippen LogP) is 8.64. The van der Waals surface area contributed by atoms with Gasteiger partial charge in [0.05, 0.1) is 0 Å². The Hall–Kier alpha value is -5.08. The Labute approximate surface area is 290 Å². The summed E-state index contributed by atoms with van der Waals surface area (Å²) in [4.78, 5) is 32.4. The fourth-order valence-corrected chi connectivity index (χ4v) is 5.92. The Morgan fingerprint density at radius 2 is 1.31 bits per heavy atom. The Balaban J connectivity index is 1.25. The first-order chi connectivity index (χ1) is 23.6. The molecule has 0 bridgehead atoms. The SMILES string of the molecule is C=C(CN1CCN(C(=O)OC(C)(C)C)CC1)CN(CCC(c1ccccc1)c1ccccc1)C(=O)Nc1ccc(Oc2ccccc2)cc1. The van der Waals surface area contributed by atoms with Crippen molar-refractivity contribution in [2.45, 2.75) is 38.7 Å². The molecule has 4 aromatic rings. The van der Waals surface area contributed by atoms with Crippen molar-refractivity contribution < 1.29 is 19.1 Å². The van der Waals surface area contributed by atoms with Crippen LogP contribution < -0.4 is 10.1 Å². The molecule has 1 heterocycles. The number of anilines is 1. The lowest BCUT2D eigenvalue weighted by atomic mass is 9.88. The molecule has 1 fully saturated rings. The fourth-order valence-electron chi connectivity index (χ4n) is 5.92. The summed E-state index contributed by atoms with van der Waals surface area (Å²) in [7, 11) is 0. The third-order valence-corrected chi connectivity index (χ3v) is 8.35. The van der Waals surface area contributed by atoms with Crippen molar-refractivity contribution in [3.8, 4) is 11.5 Å². The highest BCUT2D eigenvalue weighted by Gasteiger charge is 2.27. The highest BCUT2D eigenvalue weighted by atomic mass is 16.6. The number of para-hydroxylation sites is 1. The molecule has 0 aromatic heterocycles. The van der Waals surface area contributed by atoms with Crippen LogP contribution in [0.15, 0.2) is 127 Å². The van der Waals surface area contributed by atoms with Crippen molar-refractivity contribution in [3.05, 3.63) is 139 Å². The quantitative estimate of drug-likeness (QED) is 0.154. The number of hydrogen-bond acceptors (Lipinski definition) is 5. The number of hydrogen-bond donors (Lipinski definition) is 1. The molecule has 3 amide bonds. The minimum absolute atomic E-state index is 0.126. The van der Waals surface area contributed by atoms with Gasteiger partial charge in [0, 0.05) is 57.4 Å². The number of rotatable bonds is 12. The minimum atomic E-state index is -0.523. The van der Waals surface area contributed by atoms with Crippen LogP contribution >= 0.6 is 0 Å². The normalized spacial score (nSPS) is 13.5. The maximum atomic E-state index is 13.9. The van der Waals surface area contributed by atoms with Crippen LogP contribution in [0.5, 0.6) is 11.5 Å². The fraction of sp³-hybridized carbons (Fsp3) is 0.317. The van der Waals surface area contributed by atoms with Gasteiger partial charge in [-0.15, -0.1) is 0 Å². The summed E-state index contributed by atoms with van der Waals surface area (Å²) >= 11 is 0. The summed E-state index contributed by atoms with van der Waals surface area (Å²) in [6.07, 6.45) is 0.465. The Kier molecular flexibility index (Phi) is 12.1. The van der Waals surface area contributed by atoms with Gasteiger partial charge in [-0.25, -0.2) is 9.59 Å². The predicted molar refractivity (Wildman–Crippen MR) is 196 cm³/mol. The molecule has 1 aliphatic heterocycles. The third-order valence-electron chi connectivity index (χ3n) is 8.35. The first kappa shape index (κ1) is 35.2. The van der Waals surface area contributed by atoms with E-state index < -0.39 is 5.60 Å².